The first kappa shape index (κ1) is 14.7. The Morgan fingerprint density at radius 3 is 2.56 bits per heavy atom. The highest BCUT2D eigenvalue weighted by Crippen LogP contribution is 2.32. The summed E-state index contributed by atoms with van der Waals surface area (Å²) in [5, 5.41) is 9.89. The molecule has 1 aromatic carbocycles. The van der Waals surface area contributed by atoms with E-state index in [1.165, 1.54) is 19.2 Å². The Balaban J connectivity index is 2.87. The third-order valence-electron chi connectivity index (χ3n) is 2.62. The zero-order chi connectivity index (χ0) is 13.5. The van der Waals surface area contributed by atoms with E-state index in [2.05, 4.69) is 4.74 Å². The maximum absolute atomic E-state index is 12.2. The molecule has 0 aliphatic rings. The second kappa shape index (κ2) is 7.16. The van der Waals surface area contributed by atoms with E-state index in [0.29, 0.717) is 12.0 Å². The fourth-order valence-electron chi connectivity index (χ4n) is 1.65. The van der Waals surface area contributed by atoms with E-state index < -0.39 is 12.7 Å². The lowest BCUT2D eigenvalue weighted by molar-refractivity contribution is -0.0513. The van der Waals surface area contributed by atoms with Crippen LogP contribution in [0.4, 0.5) is 8.78 Å². The number of aliphatic hydroxyl groups is 1. The molecule has 0 fully saturated rings. The van der Waals surface area contributed by atoms with Crippen LogP contribution in [0.15, 0.2) is 18.2 Å². The van der Waals surface area contributed by atoms with Crippen LogP contribution in [0, 0.1) is 0 Å². The van der Waals surface area contributed by atoms with Crippen LogP contribution in [0.3, 0.4) is 0 Å². The van der Waals surface area contributed by atoms with Crippen LogP contribution >= 0.6 is 0 Å². The Kier molecular flexibility index (Phi) is 5.85. The molecule has 18 heavy (non-hydrogen) atoms. The number of hydrogen-bond acceptors (Lipinski definition) is 3. The zero-order valence-corrected chi connectivity index (χ0v) is 10.5. The number of methoxy groups -OCH3 is 1. The van der Waals surface area contributed by atoms with Crippen LogP contribution in [-0.4, -0.2) is 18.8 Å². The van der Waals surface area contributed by atoms with E-state index in [0.717, 1.165) is 12.8 Å². The molecule has 102 valence electrons. The van der Waals surface area contributed by atoms with Crippen molar-refractivity contribution in [2.45, 2.75) is 38.9 Å². The van der Waals surface area contributed by atoms with Crippen LogP contribution in [0.1, 0.15) is 37.9 Å². The fourth-order valence-corrected chi connectivity index (χ4v) is 1.65. The molecule has 5 heteroatoms. The molecule has 0 radical (unpaired) electrons. The van der Waals surface area contributed by atoms with E-state index in [-0.39, 0.29) is 11.5 Å². The summed E-state index contributed by atoms with van der Waals surface area (Å²) in [6.45, 7) is -0.895. The number of alkyl halides is 2. The molecule has 0 heterocycles. The number of aliphatic hydroxyl groups excluding tert-OH is 1. The Morgan fingerprint density at radius 1 is 1.28 bits per heavy atom. The number of rotatable bonds is 7. The van der Waals surface area contributed by atoms with Crippen LogP contribution in [0.25, 0.3) is 0 Å². The van der Waals surface area contributed by atoms with Gasteiger partial charge in [-0.15, -0.1) is 0 Å². The molecule has 3 nitrogen and oxygen atoms in total. The summed E-state index contributed by atoms with van der Waals surface area (Å²) in [7, 11) is 1.38. The molecule has 1 rings (SSSR count). The highest BCUT2D eigenvalue weighted by atomic mass is 19.3. The van der Waals surface area contributed by atoms with Gasteiger partial charge in [0.1, 0.15) is 0 Å². The SMILES string of the molecule is CCCCC(O)c1ccc(OC)c(OC(F)F)c1. The summed E-state index contributed by atoms with van der Waals surface area (Å²) < 4.78 is 33.7. The Morgan fingerprint density at radius 2 is 2.00 bits per heavy atom. The van der Waals surface area contributed by atoms with Gasteiger partial charge in [-0.05, 0) is 24.1 Å². The van der Waals surface area contributed by atoms with E-state index in [1.54, 1.807) is 6.07 Å². The minimum atomic E-state index is -2.91. The molecule has 1 aromatic rings. The molecule has 1 atom stereocenters. The molecule has 0 aliphatic carbocycles. The van der Waals surface area contributed by atoms with Crippen LogP contribution in [-0.2, 0) is 0 Å². The maximum Gasteiger partial charge on any atom is 0.387 e. The van der Waals surface area contributed by atoms with Gasteiger partial charge in [0, 0.05) is 0 Å². The van der Waals surface area contributed by atoms with Gasteiger partial charge in [0.05, 0.1) is 13.2 Å². The molecular formula is C13H18F2O3. The summed E-state index contributed by atoms with van der Waals surface area (Å²) in [6, 6.07) is 4.56. The predicted octanol–water partition coefficient (Wildman–Crippen LogP) is 3.52. The minimum absolute atomic E-state index is 0.0550. The van der Waals surface area contributed by atoms with Crippen molar-refractivity contribution in [3.05, 3.63) is 23.8 Å². The van der Waals surface area contributed by atoms with E-state index in [1.807, 2.05) is 6.92 Å². The highest BCUT2D eigenvalue weighted by Gasteiger charge is 2.14. The summed E-state index contributed by atoms with van der Waals surface area (Å²) in [6.07, 6.45) is 1.76. The number of unbranched alkanes of at least 4 members (excludes halogenated alkanes) is 1. The van der Waals surface area contributed by atoms with Crippen molar-refractivity contribution in [3.8, 4) is 11.5 Å². The van der Waals surface area contributed by atoms with Crippen molar-refractivity contribution >= 4 is 0 Å². The summed E-state index contributed by atoms with van der Waals surface area (Å²) in [5.41, 5.74) is 0.555. The third kappa shape index (κ3) is 4.14. The molecule has 0 saturated carbocycles. The largest absolute Gasteiger partial charge is 0.493 e. The van der Waals surface area contributed by atoms with Gasteiger partial charge in [0.15, 0.2) is 11.5 Å². The second-order valence-electron chi connectivity index (χ2n) is 3.95. The first-order valence-electron chi connectivity index (χ1n) is 5.89. The van der Waals surface area contributed by atoms with Gasteiger partial charge in [-0.25, -0.2) is 0 Å². The molecule has 0 aliphatic heterocycles. The van der Waals surface area contributed by atoms with Gasteiger partial charge in [-0.2, -0.15) is 8.78 Å². The van der Waals surface area contributed by atoms with Crippen molar-refractivity contribution in [1.29, 1.82) is 0 Å². The van der Waals surface area contributed by atoms with Gasteiger partial charge in [0.25, 0.3) is 0 Å². The smallest absolute Gasteiger partial charge is 0.387 e. The molecule has 0 spiro atoms. The van der Waals surface area contributed by atoms with Crippen LogP contribution in [0.5, 0.6) is 11.5 Å². The standard InChI is InChI=1S/C13H18F2O3/c1-3-4-5-10(16)9-6-7-11(17-2)12(8-9)18-13(14)15/h6-8,10,13,16H,3-5H2,1-2H3. The van der Waals surface area contributed by atoms with Gasteiger partial charge in [-0.3, -0.25) is 0 Å². The summed E-state index contributed by atoms with van der Waals surface area (Å²) in [5.74, 6) is 0.169. The van der Waals surface area contributed by atoms with E-state index >= 15 is 0 Å². The van der Waals surface area contributed by atoms with Crippen molar-refractivity contribution in [1.82, 2.24) is 0 Å². The highest BCUT2D eigenvalue weighted by molar-refractivity contribution is 5.43. The summed E-state index contributed by atoms with van der Waals surface area (Å²) in [4.78, 5) is 0. The quantitative estimate of drug-likeness (QED) is 0.815. The Labute approximate surface area is 105 Å². The molecular weight excluding hydrogens is 242 g/mol. The van der Waals surface area contributed by atoms with Crippen LogP contribution < -0.4 is 9.47 Å². The van der Waals surface area contributed by atoms with Gasteiger partial charge < -0.3 is 14.6 Å². The summed E-state index contributed by atoms with van der Waals surface area (Å²) >= 11 is 0. The molecule has 1 unspecified atom stereocenters. The number of ether oxygens (including phenoxy) is 2. The maximum atomic E-state index is 12.2. The number of hydrogen-bond donors (Lipinski definition) is 1. The molecule has 1 N–H and O–H groups in total. The van der Waals surface area contributed by atoms with Crippen molar-refractivity contribution in [3.63, 3.8) is 0 Å². The van der Waals surface area contributed by atoms with Gasteiger partial charge >= 0.3 is 6.61 Å². The fraction of sp³-hybridized carbons (Fsp3) is 0.538. The number of benzene rings is 1. The Hall–Kier alpha value is -1.36. The second-order valence-corrected chi connectivity index (χ2v) is 3.95. The van der Waals surface area contributed by atoms with E-state index in [4.69, 9.17) is 4.74 Å². The van der Waals surface area contributed by atoms with E-state index in [9.17, 15) is 13.9 Å². The van der Waals surface area contributed by atoms with Gasteiger partial charge in [0.2, 0.25) is 0 Å². The van der Waals surface area contributed by atoms with Gasteiger partial charge in [-0.1, -0.05) is 25.8 Å². The van der Waals surface area contributed by atoms with Crippen molar-refractivity contribution in [2.75, 3.05) is 7.11 Å². The molecule has 0 aromatic heterocycles. The first-order chi connectivity index (χ1) is 8.58. The average Bonchev–Trinajstić information content (AvgIpc) is 2.35. The minimum Gasteiger partial charge on any atom is -0.493 e. The topological polar surface area (TPSA) is 38.7 Å². The number of halogens is 2. The normalized spacial score (nSPS) is 12.6. The van der Waals surface area contributed by atoms with Crippen molar-refractivity contribution in [2.24, 2.45) is 0 Å². The lowest BCUT2D eigenvalue weighted by Gasteiger charge is -2.14. The van der Waals surface area contributed by atoms with Crippen LogP contribution in [0.2, 0.25) is 0 Å². The lowest BCUT2D eigenvalue weighted by atomic mass is 10.0. The predicted molar refractivity (Wildman–Crippen MR) is 64.1 cm³/mol. The molecule has 0 amide bonds. The first-order valence-corrected chi connectivity index (χ1v) is 5.89. The lowest BCUT2D eigenvalue weighted by Crippen LogP contribution is -2.05. The Bertz CT molecular complexity index is 369. The monoisotopic (exact) mass is 260 g/mol. The van der Waals surface area contributed by atoms with Crippen molar-refractivity contribution < 1.29 is 23.4 Å². The average molecular weight is 260 g/mol. The molecule has 0 bridgehead atoms. The third-order valence-corrected chi connectivity index (χ3v) is 2.62. The molecule has 0 saturated heterocycles. The zero-order valence-electron chi connectivity index (χ0n) is 10.5.